The molecule has 0 spiro atoms. The summed E-state index contributed by atoms with van der Waals surface area (Å²) in [5, 5.41) is 4.24. The Labute approximate surface area is 138 Å². The van der Waals surface area contributed by atoms with Gasteiger partial charge < -0.3 is 9.55 Å². The summed E-state index contributed by atoms with van der Waals surface area (Å²) in [4.78, 5) is 17.8. The van der Waals surface area contributed by atoms with Crippen LogP contribution >= 0.6 is 11.3 Å². The average molecular weight is 322 g/mol. The zero-order chi connectivity index (χ0) is 16.0. The lowest BCUT2D eigenvalue weighted by molar-refractivity contribution is 0.103. The monoisotopic (exact) mass is 322 g/mol. The number of nitrogens with zero attached hydrogens (tertiary/aromatic N) is 1. The minimum atomic E-state index is 0.108. The topological polar surface area (TPSA) is 37.8 Å². The number of ketones is 1. The maximum absolute atomic E-state index is 13.3. The van der Waals surface area contributed by atoms with E-state index in [0.717, 1.165) is 46.2 Å². The molecule has 0 saturated carbocycles. The van der Waals surface area contributed by atoms with Crippen LogP contribution in [0.25, 0.3) is 21.1 Å². The number of hydrogen-bond donors (Lipinski definition) is 1. The fourth-order valence-electron chi connectivity index (χ4n) is 3.31. The van der Waals surface area contributed by atoms with Crippen LogP contribution < -0.4 is 0 Å². The molecule has 4 heteroatoms. The SMILES string of the molecule is CCCn1c(C(=O)c2c(C)[nH]c3ccccc23)cc2ccsc21. The summed E-state index contributed by atoms with van der Waals surface area (Å²) in [6.07, 6.45) is 1.01. The number of carbonyl (C=O) groups excluding carboxylic acids is 1. The molecular weight excluding hydrogens is 304 g/mol. The molecule has 0 unspecified atom stereocenters. The van der Waals surface area contributed by atoms with Crippen molar-refractivity contribution in [2.45, 2.75) is 26.8 Å². The average Bonchev–Trinajstić information content (AvgIpc) is 3.20. The van der Waals surface area contributed by atoms with Gasteiger partial charge in [0.2, 0.25) is 5.78 Å². The third kappa shape index (κ3) is 2.13. The summed E-state index contributed by atoms with van der Waals surface area (Å²) in [6, 6.07) is 12.1. The highest BCUT2D eigenvalue weighted by atomic mass is 32.1. The number of hydrogen-bond acceptors (Lipinski definition) is 2. The van der Waals surface area contributed by atoms with Crippen LogP contribution in [-0.4, -0.2) is 15.3 Å². The Morgan fingerprint density at radius 3 is 2.91 bits per heavy atom. The number of aromatic amines is 1. The molecular formula is C19H18N2OS. The van der Waals surface area contributed by atoms with Gasteiger partial charge in [-0.3, -0.25) is 4.79 Å². The highest BCUT2D eigenvalue weighted by Gasteiger charge is 2.22. The molecule has 0 atom stereocenters. The fourth-order valence-corrected chi connectivity index (χ4v) is 4.23. The molecule has 3 nitrogen and oxygen atoms in total. The lowest BCUT2D eigenvalue weighted by atomic mass is 10.0. The first-order valence-corrected chi connectivity index (χ1v) is 8.77. The molecule has 0 bridgehead atoms. The maximum Gasteiger partial charge on any atom is 0.211 e. The van der Waals surface area contributed by atoms with Crippen molar-refractivity contribution in [1.82, 2.24) is 9.55 Å². The van der Waals surface area contributed by atoms with Gasteiger partial charge in [0.15, 0.2) is 0 Å². The predicted octanol–water partition coefficient (Wildman–Crippen LogP) is 5.13. The molecule has 0 fully saturated rings. The van der Waals surface area contributed by atoms with Crippen molar-refractivity contribution in [1.29, 1.82) is 0 Å². The first-order valence-electron chi connectivity index (χ1n) is 7.89. The lowest BCUT2D eigenvalue weighted by Crippen LogP contribution is -2.10. The van der Waals surface area contributed by atoms with Crippen molar-refractivity contribution in [2.24, 2.45) is 0 Å². The number of aromatic nitrogens is 2. The van der Waals surface area contributed by atoms with Crippen molar-refractivity contribution >= 4 is 38.2 Å². The Hall–Kier alpha value is -2.33. The van der Waals surface area contributed by atoms with E-state index in [-0.39, 0.29) is 5.78 Å². The first-order chi connectivity index (χ1) is 11.2. The van der Waals surface area contributed by atoms with Crippen LogP contribution in [0.3, 0.4) is 0 Å². The molecule has 3 aromatic heterocycles. The van der Waals surface area contributed by atoms with Crippen molar-refractivity contribution in [3.05, 3.63) is 58.7 Å². The summed E-state index contributed by atoms with van der Waals surface area (Å²) in [7, 11) is 0. The Morgan fingerprint density at radius 1 is 1.26 bits per heavy atom. The Balaban J connectivity index is 1.93. The van der Waals surface area contributed by atoms with Gasteiger partial charge in [0.05, 0.1) is 11.3 Å². The van der Waals surface area contributed by atoms with Crippen LogP contribution in [0.4, 0.5) is 0 Å². The molecule has 4 rings (SSSR count). The molecule has 0 amide bonds. The van der Waals surface area contributed by atoms with Crippen molar-refractivity contribution in [3.8, 4) is 0 Å². The third-order valence-corrected chi connectivity index (χ3v) is 5.25. The van der Waals surface area contributed by atoms with E-state index in [4.69, 9.17) is 0 Å². The third-order valence-electron chi connectivity index (χ3n) is 4.30. The van der Waals surface area contributed by atoms with Crippen LogP contribution in [-0.2, 0) is 6.54 Å². The van der Waals surface area contributed by atoms with E-state index < -0.39 is 0 Å². The van der Waals surface area contributed by atoms with E-state index in [0.29, 0.717) is 0 Å². The number of para-hydroxylation sites is 1. The van der Waals surface area contributed by atoms with Gasteiger partial charge in [-0.25, -0.2) is 0 Å². The molecule has 1 aromatic carbocycles. The maximum atomic E-state index is 13.3. The molecule has 0 radical (unpaired) electrons. The molecule has 1 N–H and O–H groups in total. The molecule has 116 valence electrons. The summed E-state index contributed by atoms with van der Waals surface area (Å²) in [5.41, 5.74) is 3.54. The van der Waals surface area contributed by atoms with Crippen LogP contribution in [0, 0.1) is 6.92 Å². The quantitative estimate of drug-likeness (QED) is 0.519. The number of nitrogens with one attached hydrogen (secondary N) is 1. The molecule has 0 aliphatic rings. The van der Waals surface area contributed by atoms with E-state index in [1.807, 2.05) is 37.3 Å². The number of H-pyrrole nitrogens is 1. The largest absolute Gasteiger partial charge is 0.358 e. The molecule has 0 saturated heterocycles. The summed E-state index contributed by atoms with van der Waals surface area (Å²) < 4.78 is 2.17. The first kappa shape index (κ1) is 14.3. The minimum Gasteiger partial charge on any atom is -0.358 e. The molecule has 23 heavy (non-hydrogen) atoms. The summed E-state index contributed by atoms with van der Waals surface area (Å²) in [5.74, 6) is 0.108. The zero-order valence-corrected chi connectivity index (χ0v) is 14.0. The number of carbonyl (C=O) groups is 1. The smallest absolute Gasteiger partial charge is 0.211 e. The second kappa shape index (κ2) is 5.39. The highest BCUT2D eigenvalue weighted by molar-refractivity contribution is 7.16. The molecule has 4 aromatic rings. The van der Waals surface area contributed by atoms with Gasteiger partial charge in [-0.2, -0.15) is 0 Å². The molecule has 3 heterocycles. The number of thiophene rings is 1. The number of rotatable bonds is 4. The van der Waals surface area contributed by atoms with Crippen molar-refractivity contribution in [3.63, 3.8) is 0 Å². The van der Waals surface area contributed by atoms with Crippen LogP contribution in [0.2, 0.25) is 0 Å². The Kier molecular flexibility index (Phi) is 3.34. The second-order valence-electron chi connectivity index (χ2n) is 5.86. The second-order valence-corrected chi connectivity index (χ2v) is 6.76. The van der Waals surface area contributed by atoms with Gasteiger partial charge in [0.25, 0.3) is 0 Å². The van der Waals surface area contributed by atoms with Crippen LogP contribution in [0.1, 0.15) is 35.1 Å². The van der Waals surface area contributed by atoms with E-state index in [1.54, 1.807) is 11.3 Å². The zero-order valence-electron chi connectivity index (χ0n) is 13.2. The number of aryl methyl sites for hydroxylation is 2. The summed E-state index contributed by atoms with van der Waals surface area (Å²) in [6.45, 7) is 4.99. The van der Waals surface area contributed by atoms with Crippen molar-refractivity contribution < 1.29 is 4.79 Å². The molecule has 0 aliphatic carbocycles. The minimum absolute atomic E-state index is 0.108. The Morgan fingerprint density at radius 2 is 2.09 bits per heavy atom. The van der Waals surface area contributed by atoms with E-state index in [2.05, 4.69) is 27.9 Å². The van der Waals surface area contributed by atoms with Crippen LogP contribution in [0.15, 0.2) is 41.8 Å². The van der Waals surface area contributed by atoms with Gasteiger partial charge in [-0.15, -0.1) is 11.3 Å². The van der Waals surface area contributed by atoms with Crippen molar-refractivity contribution in [2.75, 3.05) is 0 Å². The van der Waals surface area contributed by atoms with Gasteiger partial charge in [0, 0.05) is 28.5 Å². The normalized spacial score (nSPS) is 11.6. The fraction of sp³-hybridized carbons (Fsp3) is 0.211. The van der Waals surface area contributed by atoms with E-state index >= 15 is 0 Å². The predicted molar refractivity (Wildman–Crippen MR) is 96.6 cm³/mol. The highest BCUT2D eigenvalue weighted by Crippen LogP contribution is 2.30. The van der Waals surface area contributed by atoms with Gasteiger partial charge in [-0.05, 0) is 36.9 Å². The standard InChI is InChI=1S/C19H18N2OS/c1-3-9-21-16(11-13-8-10-23-19(13)21)18(22)17-12(2)20-15-7-5-4-6-14(15)17/h4-8,10-11,20H,3,9H2,1-2H3. The Bertz CT molecular complexity index is 1020. The van der Waals surface area contributed by atoms with E-state index in [9.17, 15) is 4.79 Å². The summed E-state index contributed by atoms with van der Waals surface area (Å²) >= 11 is 1.70. The lowest BCUT2D eigenvalue weighted by Gasteiger charge is -2.08. The number of benzene rings is 1. The van der Waals surface area contributed by atoms with Crippen LogP contribution in [0.5, 0.6) is 0 Å². The molecule has 0 aliphatic heterocycles. The van der Waals surface area contributed by atoms with Gasteiger partial charge in [0.1, 0.15) is 4.83 Å². The van der Waals surface area contributed by atoms with E-state index in [1.165, 1.54) is 4.83 Å². The van der Waals surface area contributed by atoms with Gasteiger partial charge >= 0.3 is 0 Å². The number of fused-ring (bicyclic) bond motifs is 2. The van der Waals surface area contributed by atoms with Gasteiger partial charge in [-0.1, -0.05) is 25.1 Å².